The van der Waals surface area contributed by atoms with Crippen molar-refractivity contribution in [2.24, 2.45) is 0 Å². The van der Waals surface area contributed by atoms with Crippen LogP contribution in [0.15, 0.2) is 24.3 Å². The van der Waals surface area contributed by atoms with E-state index in [1.54, 1.807) is 25.1 Å². The van der Waals surface area contributed by atoms with Crippen molar-refractivity contribution in [2.45, 2.75) is 26.2 Å². The van der Waals surface area contributed by atoms with Gasteiger partial charge in [-0.2, -0.15) is 0 Å². The lowest BCUT2D eigenvalue weighted by Crippen LogP contribution is -2.26. The summed E-state index contributed by atoms with van der Waals surface area (Å²) in [7, 11) is 0. The summed E-state index contributed by atoms with van der Waals surface area (Å²) in [5, 5.41) is 9.25. The summed E-state index contributed by atoms with van der Waals surface area (Å²) in [6.45, 7) is 5.26. The molecule has 0 aliphatic rings. The second-order valence-corrected chi connectivity index (χ2v) is 3.73. The summed E-state index contributed by atoms with van der Waals surface area (Å²) in [6, 6.07) is 6.82. The SMILES string of the molecule is CC(=O)C(C)(C)c1cccc(O)c1. The van der Waals surface area contributed by atoms with Crippen molar-refractivity contribution < 1.29 is 9.90 Å². The van der Waals surface area contributed by atoms with Crippen molar-refractivity contribution in [1.82, 2.24) is 0 Å². The van der Waals surface area contributed by atoms with Crippen molar-refractivity contribution in [3.63, 3.8) is 0 Å². The molecule has 0 aliphatic carbocycles. The lowest BCUT2D eigenvalue weighted by Gasteiger charge is -2.21. The highest BCUT2D eigenvalue weighted by Gasteiger charge is 2.25. The van der Waals surface area contributed by atoms with Gasteiger partial charge in [0.1, 0.15) is 11.5 Å². The van der Waals surface area contributed by atoms with Gasteiger partial charge in [-0.3, -0.25) is 4.79 Å². The van der Waals surface area contributed by atoms with Gasteiger partial charge in [0, 0.05) is 5.41 Å². The fourth-order valence-electron chi connectivity index (χ4n) is 1.10. The van der Waals surface area contributed by atoms with E-state index in [1.165, 1.54) is 0 Å². The van der Waals surface area contributed by atoms with Gasteiger partial charge in [-0.15, -0.1) is 0 Å². The first-order chi connectivity index (χ1) is 5.94. The quantitative estimate of drug-likeness (QED) is 0.754. The van der Waals surface area contributed by atoms with E-state index >= 15 is 0 Å². The molecule has 2 heteroatoms. The number of hydrogen-bond donors (Lipinski definition) is 1. The number of phenolic OH excluding ortho intramolecular Hbond substituents is 1. The number of hydrogen-bond acceptors (Lipinski definition) is 2. The monoisotopic (exact) mass is 178 g/mol. The highest BCUT2D eigenvalue weighted by Crippen LogP contribution is 2.26. The van der Waals surface area contributed by atoms with E-state index in [0.717, 1.165) is 5.56 Å². The molecule has 13 heavy (non-hydrogen) atoms. The summed E-state index contributed by atoms with van der Waals surface area (Å²) in [4.78, 5) is 11.3. The number of benzene rings is 1. The lowest BCUT2D eigenvalue weighted by atomic mass is 9.81. The van der Waals surface area contributed by atoms with Crippen LogP contribution in [-0.2, 0) is 10.2 Å². The minimum Gasteiger partial charge on any atom is -0.508 e. The first-order valence-electron chi connectivity index (χ1n) is 4.25. The third kappa shape index (κ3) is 1.89. The Morgan fingerprint density at radius 2 is 2.00 bits per heavy atom. The molecule has 1 rings (SSSR count). The van der Waals surface area contributed by atoms with E-state index < -0.39 is 5.41 Å². The van der Waals surface area contributed by atoms with Crippen molar-refractivity contribution in [3.8, 4) is 5.75 Å². The molecule has 0 saturated heterocycles. The fraction of sp³-hybridized carbons (Fsp3) is 0.364. The predicted molar refractivity (Wildman–Crippen MR) is 51.8 cm³/mol. The minimum absolute atomic E-state index is 0.0955. The Hall–Kier alpha value is -1.31. The largest absolute Gasteiger partial charge is 0.508 e. The third-order valence-corrected chi connectivity index (χ3v) is 2.45. The Morgan fingerprint density at radius 3 is 2.46 bits per heavy atom. The zero-order valence-electron chi connectivity index (χ0n) is 8.16. The highest BCUT2D eigenvalue weighted by atomic mass is 16.3. The van der Waals surface area contributed by atoms with Crippen LogP contribution in [0.1, 0.15) is 26.3 Å². The van der Waals surface area contributed by atoms with Crippen LogP contribution < -0.4 is 0 Å². The molecule has 0 spiro atoms. The molecule has 0 heterocycles. The van der Waals surface area contributed by atoms with Gasteiger partial charge in [-0.1, -0.05) is 12.1 Å². The van der Waals surface area contributed by atoms with Crippen LogP contribution in [0.4, 0.5) is 0 Å². The zero-order valence-corrected chi connectivity index (χ0v) is 8.16. The zero-order chi connectivity index (χ0) is 10.1. The Labute approximate surface area is 78.2 Å². The van der Waals surface area contributed by atoms with Gasteiger partial charge in [0.25, 0.3) is 0 Å². The van der Waals surface area contributed by atoms with Gasteiger partial charge < -0.3 is 5.11 Å². The van der Waals surface area contributed by atoms with E-state index in [2.05, 4.69) is 0 Å². The number of carbonyl (C=O) groups is 1. The van der Waals surface area contributed by atoms with E-state index in [-0.39, 0.29) is 11.5 Å². The normalized spacial score (nSPS) is 11.3. The number of ketones is 1. The Morgan fingerprint density at radius 1 is 1.38 bits per heavy atom. The molecule has 0 bridgehead atoms. The minimum atomic E-state index is -0.515. The van der Waals surface area contributed by atoms with Crippen LogP contribution in [-0.4, -0.2) is 10.9 Å². The molecule has 1 aromatic rings. The van der Waals surface area contributed by atoms with Crippen molar-refractivity contribution in [2.75, 3.05) is 0 Å². The van der Waals surface area contributed by atoms with Crippen LogP contribution in [0.2, 0.25) is 0 Å². The second-order valence-electron chi connectivity index (χ2n) is 3.73. The van der Waals surface area contributed by atoms with E-state index in [0.29, 0.717) is 0 Å². The summed E-state index contributed by atoms with van der Waals surface area (Å²) in [5.74, 6) is 0.296. The van der Waals surface area contributed by atoms with Gasteiger partial charge in [-0.05, 0) is 38.5 Å². The number of rotatable bonds is 2. The van der Waals surface area contributed by atoms with Gasteiger partial charge >= 0.3 is 0 Å². The molecule has 1 N–H and O–H groups in total. The Kier molecular flexibility index (Phi) is 2.41. The maximum Gasteiger partial charge on any atom is 0.139 e. The number of Topliss-reactive ketones (excluding diaryl/α,β-unsaturated/α-hetero) is 1. The van der Waals surface area contributed by atoms with Crippen LogP contribution >= 0.6 is 0 Å². The standard InChI is InChI=1S/C11H14O2/c1-8(12)11(2,3)9-5-4-6-10(13)7-9/h4-7,13H,1-3H3. The number of phenols is 1. The van der Waals surface area contributed by atoms with Crippen LogP contribution in [0.3, 0.4) is 0 Å². The molecule has 0 aliphatic heterocycles. The molecular weight excluding hydrogens is 164 g/mol. The molecule has 0 fully saturated rings. The van der Waals surface area contributed by atoms with Crippen LogP contribution in [0.25, 0.3) is 0 Å². The summed E-state index contributed by atoms with van der Waals surface area (Å²) in [5.41, 5.74) is 0.332. The van der Waals surface area contributed by atoms with Crippen LogP contribution in [0, 0.1) is 0 Å². The average molecular weight is 178 g/mol. The van der Waals surface area contributed by atoms with Crippen molar-refractivity contribution in [1.29, 1.82) is 0 Å². The molecule has 0 atom stereocenters. The molecule has 0 amide bonds. The second kappa shape index (κ2) is 3.21. The smallest absolute Gasteiger partial charge is 0.139 e. The molecule has 2 nitrogen and oxygen atoms in total. The summed E-state index contributed by atoms with van der Waals surface area (Å²) < 4.78 is 0. The Balaban J connectivity index is 3.14. The number of aromatic hydroxyl groups is 1. The third-order valence-electron chi connectivity index (χ3n) is 2.45. The summed E-state index contributed by atoms with van der Waals surface area (Å²) >= 11 is 0. The van der Waals surface area contributed by atoms with E-state index in [4.69, 9.17) is 0 Å². The average Bonchev–Trinajstić information content (AvgIpc) is 2.04. The number of carbonyl (C=O) groups excluding carboxylic acids is 1. The molecule has 70 valence electrons. The van der Waals surface area contributed by atoms with E-state index in [9.17, 15) is 9.90 Å². The highest BCUT2D eigenvalue weighted by molar-refractivity contribution is 5.87. The van der Waals surface area contributed by atoms with Crippen molar-refractivity contribution >= 4 is 5.78 Å². The Bertz CT molecular complexity index is 327. The molecule has 0 radical (unpaired) electrons. The maximum atomic E-state index is 11.3. The lowest BCUT2D eigenvalue weighted by molar-refractivity contribution is -0.121. The first-order valence-corrected chi connectivity index (χ1v) is 4.25. The molecule has 0 aromatic heterocycles. The topological polar surface area (TPSA) is 37.3 Å². The fourth-order valence-corrected chi connectivity index (χ4v) is 1.10. The van der Waals surface area contributed by atoms with Gasteiger partial charge in [0.15, 0.2) is 0 Å². The van der Waals surface area contributed by atoms with Crippen LogP contribution in [0.5, 0.6) is 5.75 Å². The van der Waals surface area contributed by atoms with Crippen molar-refractivity contribution in [3.05, 3.63) is 29.8 Å². The predicted octanol–water partition coefficient (Wildman–Crippen LogP) is 2.26. The van der Waals surface area contributed by atoms with Gasteiger partial charge in [-0.25, -0.2) is 0 Å². The molecular formula is C11H14O2. The van der Waals surface area contributed by atoms with Gasteiger partial charge in [0.05, 0.1) is 0 Å². The maximum absolute atomic E-state index is 11.3. The molecule has 1 aromatic carbocycles. The molecule has 0 saturated carbocycles. The summed E-state index contributed by atoms with van der Waals surface area (Å²) in [6.07, 6.45) is 0. The molecule has 0 unspecified atom stereocenters. The first kappa shape index (κ1) is 9.78. The van der Waals surface area contributed by atoms with Gasteiger partial charge in [0.2, 0.25) is 0 Å². The van der Waals surface area contributed by atoms with E-state index in [1.807, 2.05) is 19.9 Å².